The average Bonchev–Trinajstić information content (AvgIpc) is 2.81. The quantitative estimate of drug-likeness (QED) is 0.732. The first-order chi connectivity index (χ1) is 8.13. The van der Waals surface area contributed by atoms with E-state index in [4.69, 9.17) is 16.3 Å². The fourth-order valence-electron chi connectivity index (χ4n) is 2.05. The highest BCUT2D eigenvalue weighted by Gasteiger charge is 2.14. The highest BCUT2D eigenvalue weighted by molar-refractivity contribution is 7.10. The fraction of sp³-hybridized carbons (Fsp3) is 0.286. The van der Waals surface area contributed by atoms with E-state index in [2.05, 4.69) is 18.2 Å². The molecule has 0 bridgehead atoms. The molecule has 0 N–H and O–H groups in total. The zero-order chi connectivity index (χ0) is 12.4. The van der Waals surface area contributed by atoms with Gasteiger partial charge in [0.15, 0.2) is 0 Å². The maximum Gasteiger partial charge on any atom is 0.124 e. The molecule has 1 aromatic carbocycles. The Kier molecular flexibility index (Phi) is 3.75. The second-order valence-electron chi connectivity index (χ2n) is 4.07. The monoisotopic (exact) mass is 266 g/mol. The number of methoxy groups -OCH3 is 1. The Bertz CT molecular complexity index is 482. The van der Waals surface area contributed by atoms with Crippen molar-refractivity contribution in [1.82, 2.24) is 0 Å². The van der Waals surface area contributed by atoms with Crippen molar-refractivity contribution in [3.05, 3.63) is 51.2 Å². The van der Waals surface area contributed by atoms with Crippen LogP contribution in [0.5, 0.6) is 5.75 Å². The second kappa shape index (κ2) is 5.11. The van der Waals surface area contributed by atoms with Crippen molar-refractivity contribution in [2.45, 2.75) is 19.2 Å². The van der Waals surface area contributed by atoms with Crippen LogP contribution in [0.4, 0.5) is 0 Å². The van der Waals surface area contributed by atoms with E-state index in [0.29, 0.717) is 0 Å². The minimum atomic E-state index is -0.0710. The molecule has 3 heteroatoms. The van der Waals surface area contributed by atoms with Gasteiger partial charge in [-0.3, -0.25) is 0 Å². The molecule has 0 amide bonds. The number of thiophene rings is 1. The molecular formula is C14H15ClOS. The molecule has 1 heterocycles. The van der Waals surface area contributed by atoms with Crippen LogP contribution in [0.3, 0.4) is 0 Å². The molecule has 1 unspecified atom stereocenters. The van der Waals surface area contributed by atoms with Gasteiger partial charge in [0.1, 0.15) is 5.75 Å². The summed E-state index contributed by atoms with van der Waals surface area (Å²) in [6.07, 6.45) is 0. The van der Waals surface area contributed by atoms with Crippen molar-refractivity contribution in [2.24, 2.45) is 0 Å². The minimum absolute atomic E-state index is 0.0710. The van der Waals surface area contributed by atoms with E-state index in [0.717, 1.165) is 22.4 Å². The molecule has 0 aliphatic heterocycles. The maximum absolute atomic E-state index is 6.48. The van der Waals surface area contributed by atoms with Crippen LogP contribution >= 0.6 is 22.9 Å². The van der Waals surface area contributed by atoms with Crippen molar-refractivity contribution in [1.29, 1.82) is 0 Å². The summed E-state index contributed by atoms with van der Waals surface area (Å²) in [7, 11) is 1.70. The predicted molar refractivity (Wildman–Crippen MR) is 74.5 cm³/mol. The molecule has 1 aromatic heterocycles. The van der Waals surface area contributed by atoms with Crippen molar-refractivity contribution in [2.75, 3.05) is 7.11 Å². The lowest BCUT2D eigenvalue weighted by molar-refractivity contribution is 0.408. The number of alkyl halides is 1. The number of aryl methyl sites for hydroxylation is 2. The van der Waals surface area contributed by atoms with Gasteiger partial charge in [0.05, 0.1) is 12.5 Å². The molecule has 0 aliphatic rings. The fourth-order valence-corrected chi connectivity index (χ4v) is 3.13. The Hall–Kier alpha value is -0.990. The number of rotatable bonds is 3. The minimum Gasteiger partial charge on any atom is -0.496 e. The van der Waals surface area contributed by atoms with E-state index < -0.39 is 0 Å². The van der Waals surface area contributed by atoms with E-state index >= 15 is 0 Å². The van der Waals surface area contributed by atoms with Gasteiger partial charge >= 0.3 is 0 Å². The molecule has 0 spiro atoms. The summed E-state index contributed by atoms with van der Waals surface area (Å²) in [4.78, 5) is 1.18. The summed E-state index contributed by atoms with van der Waals surface area (Å²) >= 11 is 8.17. The predicted octanol–water partition coefficient (Wildman–Crippen LogP) is 4.70. The lowest BCUT2D eigenvalue weighted by Gasteiger charge is -2.14. The zero-order valence-electron chi connectivity index (χ0n) is 10.2. The molecule has 0 fully saturated rings. The molecule has 90 valence electrons. The van der Waals surface area contributed by atoms with E-state index in [-0.39, 0.29) is 5.38 Å². The first-order valence-corrected chi connectivity index (χ1v) is 6.77. The number of hydrogen-bond donors (Lipinski definition) is 0. The summed E-state index contributed by atoms with van der Waals surface area (Å²) in [5, 5.41) is 1.98. The molecule has 0 saturated carbocycles. The molecule has 2 rings (SSSR count). The van der Waals surface area contributed by atoms with Gasteiger partial charge < -0.3 is 4.74 Å². The standard InChI is InChI=1S/C14H15ClOS/c1-9-7-11(8-10(2)14(9)16-3)13(15)12-5-4-6-17-12/h4-8,13H,1-3H3. The first kappa shape index (κ1) is 12.5. The molecular weight excluding hydrogens is 252 g/mol. The normalized spacial score (nSPS) is 12.5. The highest BCUT2D eigenvalue weighted by atomic mass is 35.5. The molecule has 0 aliphatic carbocycles. The second-order valence-corrected chi connectivity index (χ2v) is 5.48. The summed E-state index contributed by atoms with van der Waals surface area (Å²) < 4.78 is 5.36. The molecule has 1 atom stereocenters. The lowest BCUT2D eigenvalue weighted by atomic mass is 10.0. The Labute approximate surface area is 111 Å². The Morgan fingerprint density at radius 3 is 2.35 bits per heavy atom. The van der Waals surface area contributed by atoms with E-state index in [1.165, 1.54) is 4.88 Å². The number of benzene rings is 1. The Balaban J connectivity index is 2.40. The average molecular weight is 267 g/mol. The van der Waals surface area contributed by atoms with Crippen molar-refractivity contribution in [3.8, 4) is 5.75 Å². The van der Waals surface area contributed by atoms with Gasteiger partial charge in [-0.2, -0.15) is 0 Å². The Morgan fingerprint density at radius 1 is 1.24 bits per heavy atom. The third kappa shape index (κ3) is 2.48. The molecule has 2 aromatic rings. The van der Waals surface area contributed by atoms with Gasteiger partial charge in [-0.05, 0) is 42.0 Å². The summed E-state index contributed by atoms with van der Waals surface area (Å²) in [5.41, 5.74) is 3.39. The van der Waals surface area contributed by atoms with Gasteiger partial charge in [-0.1, -0.05) is 18.2 Å². The van der Waals surface area contributed by atoms with Gasteiger partial charge in [-0.25, -0.2) is 0 Å². The summed E-state index contributed by atoms with van der Waals surface area (Å²) in [5.74, 6) is 0.948. The molecule has 1 nitrogen and oxygen atoms in total. The van der Waals surface area contributed by atoms with Crippen LogP contribution in [0.25, 0.3) is 0 Å². The summed E-state index contributed by atoms with van der Waals surface area (Å²) in [6, 6.07) is 8.29. The van der Waals surface area contributed by atoms with E-state index in [9.17, 15) is 0 Å². The zero-order valence-corrected chi connectivity index (χ0v) is 11.7. The SMILES string of the molecule is COc1c(C)cc(C(Cl)c2cccs2)cc1C. The van der Waals surface area contributed by atoms with E-state index in [1.54, 1.807) is 18.4 Å². The summed E-state index contributed by atoms with van der Waals surface area (Å²) in [6.45, 7) is 4.10. The van der Waals surface area contributed by atoms with Crippen molar-refractivity contribution in [3.63, 3.8) is 0 Å². The third-order valence-corrected chi connectivity index (χ3v) is 4.33. The largest absolute Gasteiger partial charge is 0.496 e. The van der Waals surface area contributed by atoms with Crippen LogP contribution in [-0.4, -0.2) is 7.11 Å². The Morgan fingerprint density at radius 2 is 1.88 bits per heavy atom. The van der Waals surface area contributed by atoms with Gasteiger partial charge in [0, 0.05) is 4.88 Å². The number of ether oxygens (including phenoxy) is 1. The molecule has 17 heavy (non-hydrogen) atoms. The van der Waals surface area contributed by atoms with Crippen molar-refractivity contribution < 1.29 is 4.74 Å². The number of hydrogen-bond acceptors (Lipinski definition) is 2. The molecule has 0 saturated heterocycles. The van der Waals surface area contributed by atoms with Crippen LogP contribution in [-0.2, 0) is 0 Å². The van der Waals surface area contributed by atoms with Gasteiger partial charge in [0.2, 0.25) is 0 Å². The maximum atomic E-state index is 6.48. The van der Waals surface area contributed by atoms with Gasteiger partial charge in [-0.15, -0.1) is 22.9 Å². The number of halogens is 1. The van der Waals surface area contributed by atoms with E-state index in [1.807, 2.05) is 25.3 Å². The third-order valence-electron chi connectivity index (χ3n) is 2.77. The van der Waals surface area contributed by atoms with Crippen molar-refractivity contribution >= 4 is 22.9 Å². The topological polar surface area (TPSA) is 9.23 Å². The lowest BCUT2D eigenvalue weighted by Crippen LogP contribution is -1.96. The first-order valence-electron chi connectivity index (χ1n) is 5.46. The van der Waals surface area contributed by atoms with Crippen LogP contribution < -0.4 is 4.74 Å². The van der Waals surface area contributed by atoms with Crippen LogP contribution in [0, 0.1) is 13.8 Å². The highest BCUT2D eigenvalue weighted by Crippen LogP contribution is 2.35. The van der Waals surface area contributed by atoms with Gasteiger partial charge in [0.25, 0.3) is 0 Å². The smallest absolute Gasteiger partial charge is 0.124 e. The van der Waals surface area contributed by atoms with Crippen LogP contribution in [0.15, 0.2) is 29.6 Å². The molecule has 0 radical (unpaired) electrons. The van der Waals surface area contributed by atoms with Crippen LogP contribution in [0.2, 0.25) is 0 Å². The van der Waals surface area contributed by atoms with Crippen LogP contribution in [0.1, 0.15) is 26.9 Å².